The number of aryl methyl sites for hydroxylation is 3. The molecule has 4 nitrogen and oxygen atoms in total. The fraction of sp³-hybridized carbons (Fsp3) is 0.391. The minimum Gasteiger partial charge on any atom is -0.352 e. The molecule has 4 rings (SSSR count). The van der Waals surface area contributed by atoms with Crippen LogP contribution in [-0.4, -0.2) is 24.0 Å². The number of piperidine rings is 1. The molecular formula is C23H27N3OS. The second kappa shape index (κ2) is 7.92. The maximum absolute atomic E-state index is 12.6. The van der Waals surface area contributed by atoms with Gasteiger partial charge in [-0.05, 0) is 56.4 Å². The van der Waals surface area contributed by atoms with E-state index in [9.17, 15) is 4.79 Å². The highest BCUT2D eigenvalue weighted by Crippen LogP contribution is 2.33. The van der Waals surface area contributed by atoms with Gasteiger partial charge in [0.15, 0.2) is 5.13 Å². The van der Waals surface area contributed by atoms with Crippen LogP contribution in [0.25, 0.3) is 10.2 Å². The van der Waals surface area contributed by atoms with Gasteiger partial charge >= 0.3 is 0 Å². The number of nitrogens with one attached hydrogen (secondary N) is 1. The predicted octanol–water partition coefficient (Wildman–Crippen LogP) is 4.75. The number of carbonyl (C=O) groups excluding carboxylic acids is 1. The molecule has 5 heteroatoms. The van der Waals surface area contributed by atoms with Crippen LogP contribution in [0.4, 0.5) is 5.13 Å². The number of hydrogen-bond donors (Lipinski definition) is 1. The normalized spacial score (nSPS) is 15.2. The fourth-order valence-corrected chi connectivity index (χ4v) is 5.06. The standard InChI is InChI=1S/C23H27N3OS/c1-15-4-6-18(7-5-15)14-24-22(27)19-8-10-26(11-9-19)23-25-21-17(3)12-16(2)13-20(21)28-23/h4-7,12-13,19H,8-11,14H2,1-3H3,(H,24,27). The topological polar surface area (TPSA) is 45.2 Å². The quantitative estimate of drug-likeness (QED) is 0.695. The van der Waals surface area contributed by atoms with E-state index in [1.54, 1.807) is 11.3 Å². The number of aromatic nitrogens is 1. The molecule has 28 heavy (non-hydrogen) atoms. The summed E-state index contributed by atoms with van der Waals surface area (Å²) in [5, 5.41) is 4.19. The number of hydrogen-bond acceptors (Lipinski definition) is 4. The lowest BCUT2D eigenvalue weighted by molar-refractivity contribution is -0.125. The zero-order chi connectivity index (χ0) is 19.7. The number of carbonyl (C=O) groups is 1. The Morgan fingerprint density at radius 2 is 1.82 bits per heavy atom. The first-order valence-corrected chi connectivity index (χ1v) is 10.8. The molecule has 0 saturated carbocycles. The highest BCUT2D eigenvalue weighted by atomic mass is 32.1. The lowest BCUT2D eigenvalue weighted by Gasteiger charge is -2.31. The molecule has 1 aliphatic rings. The SMILES string of the molecule is Cc1ccc(CNC(=O)C2CCN(c3nc4c(C)cc(C)cc4s3)CC2)cc1. The summed E-state index contributed by atoms with van der Waals surface area (Å²) in [5.41, 5.74) is 6.02. The van der Waals surface area contributed by atoms with E-state index >= 15 is 0 Å². The minimum absolute atomic E-state index is 0.0973. The van der Waals surface area contributed by atoms with Crippen LogP contribution in [0.5, 0.6) is 0 Å². The van der Waals surface area contributed by atoms with Gasteiger partial charge in [-0.2, -0.15) is 0 Å². The van der Waals surface area contributed by atoms with Gasteiger partial charge < -0.3 is 10.2 Å². The van der Waals surface area contributed by atoms with Crippen molar-refractivity contribution in [2.45, 2.75) is 40.2 Å². The highest BCUT2D eigenvalue weighted by Gasteiger charge is 2.26. The Morgan fingerprint density at radius 3 is 2.54 bits per heavy atom. The van der Waals surface area contributed by atoms with Crippen molar-refractivity contribution in [2.75, 3.05) is 18.0 Å². The molecule has 0 unspecified atom stereocenters. The molecule has 0 bridgehead atoms. The summed E-state index contributed by atoms with van der Waals surface area (Å²) in [4.78, 5) is 19.8. The van der Waals surface area contributed by atoms with E-state index < -0.39 is 0 Å². The molecule has 3 aromatic rings. The van der Waals surface area contributed by atoms with Crippen molar-refractivity contribution in [3.63, 3.8) is 0 Å². The van der Waals surface area contributed by atoms with Crippen LogP contribution < -0.4 is 10.2 Å². The summed E-state index contributed by atoms with van der Waals surface area (Å²) in [6.45, 7) is 8.72. The monoisotopic (exact) mass is 393 g/mol. The lowest BCUT2D eigenvalue weighted by atomic mass is 9.96. The van der Waals surface area contributed by atoms with Crippen LogP contribution in [0.2, 0.25) is 0 Å². The van der Waals surface area contributed by atoms with E-state index in [4.69, 9.17) is 4.98 Å². The Balaban J connectivity index is 1.34. The summed E-state index contributed by atoms with van der Waals surface area (Å²) in [6, 6.07) is 12.7. The third-order valence-electron chi connectivity index (χ3n) is 5.54. The van der Waals surface area contributed by atoms with Gasteiger partial charge in [0.1, 0.15) is 0 Å². The maximum atomic E-state index is 12.6. The van der Waals surface area contributed by atoms with E-state index in [0.29, 0.717) is 6.54 Å². The molecule has 146 valence electrons. The van der Waals surface area contributed by atoms with E-state index in [1.807, 2.05) is 0 Å². The van der Waals surface area contributed by atoms with Gasteiger partial charge in [0.25, 0.3) is 0 Å². The van der Waals surface area contributed by atoms with E-state index in [-0.39, 0.29) is 11.8 Å². The summed E-state index contributed by atoms with van der Waals surface area (Å²) >= 11 is 1.76. The Kier molecular flexibility index (Phi) is 5.36. The van der Waals surface area contributed by atoms with Gasteiger partial charge in [0.2, 0.25) is 5.91 Å². The number of nitrogens with zero attached hydrogens (tertiary/aromatic N) is 2. The fourth-order valence-electron chi connectivity index (χ4n) is 3.87. The molecular weight excluding hydrogens is 366 g/mol. The van der Waals surface area contributed by atoms with Crippen molar-refractivity contribution in [2.24, 2.45) is 5.92 Å². The van der Waals surface area contributed by atoms with Crippen molar-refractivity contribution in [1.82, 2.24) is 10.3 Å². The summed E-state index contributed by atoms with van der Waals surface area (Å²) < 4.78 is 1.26. The van der Waals surface area contributed by atoms with E-state index in [1.165, 1.54) is 21.4 Å². The Morgan fingerprint density at radius 1 is 1.11 bits per heavy atom. The molecule has 0 spiro atoms. The first-order chi connectivity index (χ1) is 13.5. The lowest BCUT2D eigenvalue weighted by Crippen LogP contribution is -2.40. The van der Waals surface area contributed by atoms with Gasteiger partial charge in [-0.25, -0.2) is 4.98 Å². The molecule has 1 fully saturated rings. The van der Waals surface area contributed by atoms with Crippen LogP contribution in [0, 0.1) is 26.7 Å². The molecule has 0 atom stereocenters. The first-order valence-electron chi connectivity index (χ1n) is 9.95. The Labute approximate surface area is 170 Å². The van der Waals surface area contributed by atoms with Crippen molar-refractivity contribution < 1.29 is 4.79 Å². The summed E-state index contributed by atoms with van der Waals surface area (Å²) in [7, 11) is 0. The zero-order valence-corrected chi connectivity index (χ0v) is 17.6. The van der Waals surface area contributed by atoms with Crippen molar-refractivity contribution in [3.8, 4) is 0 Å². The first kappa shape index (κ1) is 18.9. The number of benzene rings is 2. The van der Waals surface area contributed by atoms with E-state index in [0.717, 1.165) is 42.1 Å². The summed E-state index contributed by atoms with van der Waals surface area (Å²) in [6.07, 6.45) is 1.77. The molecule has 2 aromatic carbocycles. The average molecular weight is 394 g/mol. The third kappa shape index (κ3) is 4.04. The third-order valence-corrected chi connectivity index (χ3v) is 6.61. The number of rotatable bonds is 4. The molecule has 0 aliphatic carbocycles. The van der Waals surface area contributed by atoms with Gasteiger partial charge in [0, 0.05) is 25.6 Å². The van der Waals surface area contributed by atoms with Crippen LogP contribution in [0.3, 0.4) is 0 Å². The Bertz CT molecular complexity index is 985. The van der Waals surface area contributed by atoms with Crippen molar-refractivity contribution >= 4 is 32.6 Å². The number of anilines is 1. The number of fused-ring (bicyclic) bond motifs is 1. The second-order valence-electron chi connectivity index (χ2n) is 7.89. The molecule has 1 aromatic heterocycles. The predicted molar refractivity (Wildman–Crippen MR) is 117 cm³/mol. The van der Waals surface area contributed by atoms with Crippen LogP contribution in [0.15, 0.2) is 36.4 Å². The van der Waals surface area contributed by atoms with Gasteiger partial charge in [0.05, 0.1) is 10.2 Å². The Hall–Kier alpha value is -2.40. The molecule has 1 saturated heterocycles. The van der Waals surface area contributed by atoms with Crippen LogP contribution >= 0.6 is 11.3 Å². The second-order valence-corrected chi connectivity index (χ2v) is 8.90. The van der Waals surface area contributed by atoms with Crippen LogP contribution in [0.1, 0.15) is 35.1 Å². The molecule has 1 aliphatic heterocycles. The molecule has 1 amide bonds. The average Bonchev–Trinajstić information content (AvgIpc) is 3.12. The zero-order valence-electron chi connectivity index (χ0n) is 16.8. The number of thiazole rings is 1. The maximum Gasteiger partial charge on any atom is 0.223 e. The van der Waals surface area contributed by atoms with Crippen molar-refractivity contribution in [1.29, 1.82) is 0 Å². The van der Waals surface area contributed by atoms with Gasteiger partial charge in [-0.3, -0.25) is 4.79 Å². The molecule has 1 N–H and O–H groups in total. The summed E-state index contributed by atoms with van der Waals surface area (Å²) in [5.74, 6) is 0.274. The minimum atomic E-state index is 0.0973. The smallest absolute Gasteiger partial charge is 0.223 e. The van der Waals surface area contributed by atoms with E-state index in [2.05, 4.69) is 67.4 Å². The van der Waals surface area contributed by atoms with Crippen LogP contribution in [-0.2, 0) is 11.3 Å². The number of amides is 1. The molecule has 0 radical (unpaired) electrons. The van der Waals surface area contributed by atoms with Gasteiger partial charge in [-0.15, -0.1) is 0 Å². The molecule has 2 heterocycles. The van der Waals surface area contributed by atoms with Crippen molar-refractivity contribution in [3.05, 3.63) is 58.7 Å². The van der Waals surface area contributed by atoms with Gasteiger partial charge in [-0.1, -0.05) is 47.2 Å². The largest absolute Gasteiger partial charge is 0.352 e. The highest BCUT2D eigenvalue weighted by molar-refractivity contribution is 7.22.